The zero-order valence-electron chi connectivity index (χ0n) is 13.5. The molecule has 0 aromatic heterocycles. The van der Waals surface area contributed by atoms with E-state index in [0.29, 0.717) is 38.8 Å². The van der Waals surface area contributed by atoms with Crippen LogP contribution in [-0.4, -0.2) is 60.4 Å². The maximum Gasteiger partial charge on any atom is 0.330 e. The summed E-state index contributed by atoms with van der Waals surface area (Å²) in [6.07, 6.45) is 2.23. The topological polar surface area (TPSA) is 205 Å². The van der Waals surface area contributed by atoms with Gasteiger partial charge in [-0.15, -0.1) is 0 Å². The van der Waals surface area contributed by atoms with Crippen LogP contribution in [0.5, 0.6) is 0 Å². The van der Waals surface area contributed by atoms with Gasteiger partial charge in [-0.3, -0.25) is 9.59 Å². The number of aliphatic carboxylic acids is 1. The average molecular weight is 338 g/mol. The van der Waals surface area contributed by atoms with E-state index in [1.807, 2.05) is 0 Å². The predicted molar refractivity (Wildman–Crippen MR) is 85.1 cm³/mol. The van der Waals surface area contributed by atoms with E-state index >= 15 is 0 Å². The Balaban J connectivity index is -0.000000301. The minimum absolute atomic E-state index is 0.0740. The Bertz CT molecular complexity index is 304. The molecule has 138 valence electrons. The predicted octanol–water partition coefficient (Wildman–Crippen LogP) is -2.11. The largest absolute Gasteiger partial charge is 0.480 e. The minimum atomic E-state index is -0.955. The lowest BCUT2D eigenvalue weighted by Crippen LogP contribution is -2.32. The molecular weight excluding hydrogens is 308 g/mol. The molecule has 0 fully saturated rings. The van der Waals surface area contributed by atoms with Crippen LogP contribution in [0, 0.1) is 0 Å². The monoisotopic (exact) mass is 338 g/mol. The molecule has 0 aliphatic rings. The van der Waals surface area contributed by atoms with Gasteiger partial charge in [-0.1, -0.05) is 0 Å². The molecule has 10 nitrogen and oxygen atoms in total. The molecule has 10 heteroatoms. The first-order valence-corrected chi connectivity index (χ1v) is 7.21. The van der Waals surface area contributed by atoms with Crippen LogP contribution in [0.2, 0.25) is 0 Å². The maximum atomic E-state index is 10.6. The molecule has 0 aliphatic carbocycles. The van der Waals surface area contributed by atoms with Gasteiger partial charge in [-0.2, -0.15) is 0 Å². The lowest BCUT2D eigenvalue weighted by Gasteiger charge is -2.05. The van der Waals surface area contributed by atoms with E-state index in [2.05, 4.69) is 4.74 Å². The SMILES string of the molecule is CCO.NCCC[C@H](N)C(=O)O.NCCC[C@H](N)C(=O)OC=O. The molecular formula is C13H30N4O6. The van der Waals surface area contributed by atoms with Gasteiger partial charge in [0.15, 0.2) is 0 Å². The highest BCUT2D eigenvalue weighted by atomic mass is 16.6. The average Bonchev–Trinajstić information content (AvgIpc) is 2.51. The van der Waals surface area contributed by atoms with E-state index in [1.54, 1.807) is 6.92 Å². The molecule has 0 heterocycles. The fourth-order valence-corrected chi connectivity index (χ4v) is 1.05. The Kier molecular flexibility index (Phi) is 23.4. The Morgan fingerprint density at radius 2 is 1.48 bits per heavy atom. The van der Waals surface area contributed by atoms with Crippen LogP contribution in [-0.2, 0) is 19.1 Å². The first kappa shape index (κ1) is 26.3. The lowest BCUT2D eigenvalue weighted by molar-refractivity contribution is -0.152. The number of aliphatic hydroxyl groups excluding tert-OH is 1. The van der Waals surface area contributed by atoms with E-state index in [-0.39, 0.29) is 13.1 Å². The number of carboxylic acid groups (broad SMARTS) is 1. The third-order valence-electron chi connectivity index (χ3n) is 2.22. The van der Waals surface area contributed by atoms with Crippen LogP contribution in [0.1, 0.15) is 32.6 Å². The van der Waals surface area contributed by atoms with E-state index in [1.165, 1.54) is 0 Å². The summed E-state index contributed by atoms with van der Waals surface area (Å²) in [5.74, 6) is -1.66. The number of esters is 1. The first-order valence-electron chi connectivity index (χ1n) is 7.21. The van der Waals surface area contributed by atoms with Gasteiger partial charge >= 0.3 is 18.4 Å². The van der Waals surface area contributed by atoms with Crippen molar-refractivity contribution in [3.05, 3.63) is 0 Å². The molecule has 0 aromatic carbocycles. The van der Waals surface area contributed by atoms with Crippen molar-refractivity contribution in [3.63, 3.8) is 0 Å². The number of hydrogen-bond donors (Lipinski definition) is 6. The van der Waals surface area contributed by atoms with E-state index < -0.39 is 24.0 Å². The zero-order valence-corrected chi connectivity index (χ0v) is 13.5. The molecule has 0 bridgehead atoms. The fraction of sp³-hybridized carbons (Fsp3) is 0.769. The Hall–Kier alpha value is -1.59. The molecule has 0 saturated heterocycles. The highest BCUT2D eigenvalue weighted by Gasteiger charge is 2.13. The van der Waals surface area contributed by atoms with Gasteiger partial charge in [0.05, 0.1) is 0 Å². The van der Waals surface area contributed by atoms with Crippen molar-refractivity contribution >= 4 is 18.4 Å². The number of hydrogen-bond acceptors (Lipinski definition) is 9. The standard InChI is InChI=1S/C6H12N2O3.C5H12N2O2.C2H6O/c7-3-1-2-5(8)6(10)11-4-9;6-3-1-2-4(7)5(8)9;1-2-3/h4-5H,1-3,7-8H2;4H,1-3,6-7H2,(H,8,9);3H,2H2,1H3/t5-;4-;/m00./s1. The first-order chi connectivity index (χ1) is 10.8. The minimum Gasteiger partial charge on any atom is -0.480 e. The van der Waals surface area contributed by atoms with Crippen molar-refractivity contribution in [1.82, 2.24) is 0 Å². The lowest BCUT2D eigenvalue weighted by atomic mass is 10.2. The van der Waals surface area contributed by atoms with Crippen molar-refractivity contribution < 1.29 is 29.3 Å². The van der Waals surface area contributed by atoms with E-state index in [4.69, 9.17) is 33.1 Å². The number of carbonyl (C=O) groups is 3. The number of aliphatic hydroxyl groups is 1. The van der Waals surface area contributed by atoms with Crippen molar-refractivity contribution in [2.45, 2.75) is 44.7 Å². The molecule has 0 unspecified atom stereocenters. The summed E-state index contributed by atoms with van der Waals surface area (Å²) in [4.78, 5) is 30.3. The van der Waals surface area contributed by atoms with Gasteiger partial charge in [0, 0.05) is 6.61 Å². The van der Waals surface area contributed by atoms with E-state index in [0.717, 1.165) is 0 Å². The Morgan fingerprint density at radius 1 is 1.09 bits per heavy atom. The molecule has 2 atom stereocenters. The van der Waals surface area contributed by atoms with Crippen LogP contribution in [0.25, 0.3) is 0 Å². The summed E-state index contributed by atoms with van der Waals surface area (Å²) in [6.45, 7) is 2.98. The molecule has 23 heavy (non-hydrogen) atoms. The second-order valence-corrected chi connectivity index (χ2v) is 4.26. The normalized spacial score (nSPS) is 11.7. The van der Waals surface area contributed by atoms with Crippen molar-refractivity contribution in [3.8, 4) is 0 Å². The third-order valence-corrected chi connectivity index (χ3v) is 2.22. The Labute approximate surface area is 136 Å². The van der Waals surface area contributed by atoms with Crippen LogP contribution in [0.4, 0.5) is 0 Å². The summed E-state index contributed by atoms with van der Waals surface area (Å²) >= 11 is 0. The molecule has 0 aromatic rings. The van der Waals surface area contributed by atoms with Gasteiger partial charge in [0.1, 0.15) is 12.1 Å². The number of rotatable bonds is 9. The molecule has 0 aliphatic heterocycles. The highest BCUT2D eigenvalue weighted by Crippen LogP contribution is 1.94. The molecule has 0 spiro atoms. The zero-order chi connectivity index (χ0) is 18.7. The van der Waals surface area contributed by atoms with Crippen molar-refractivity contribution in [2.75, 3.05) is 19.7 Å². The molecule has 10 N–H and O–H groups in total. The highest BCUT2D eigenvalue weighted by molar-refractivity contribution is 5.81. The summed E-state index contributed by atoms with van der Waals surface area (Å²) in [7, 11) is 0. The fourth-order valence-electron chi connectivity index (χ4n) is 1.05. The van der Waals surface area contributed by atoms with Crippen LogP contribution < -0.4 is 22.9 Å². The summed E-state index contributed by atoms with van der Waals surface area (Å²) < 4.78 is 4.02. The van der Waals surface area contributed by atoms with Crippen LogP contribution in [0.15, 0.2) is 0 Å². The van der Waals surface area contributed by atoms with Crippen LogP contribution in [0.3, 0.4) is 0 Å². The van der Waals surface area contributed by atoms with Crippen molar-refractivity contribution in [2.24, 2.45) is 22.9 Å². The molecule has 0 rings (SSSR count). The number of carboxylic acids is 1. The van der Waals surface area contributed by atoms with Gasteiger partial charge in [-0.25, -0.2) is 4.79 Å². The second kappa shape index (κ2) is 20.4. The maximum absolute atomic E-state index is 10.6. The van der Waals surface area contributed by atoms with Crippen LogP contribution >= 0.6 is 0 Å². The van der Waals surface area contributed by atoms with Gasteiger partial charge in [0.2, 0.25) is 0 Å². The quantitative estimate of drug-likeness (QED) is 0.153. The summed E-state index contributed by atoms with van der Waals surface area (Å²) in [5.41, 5.74) is 20.7. The third kappa shape index (κ3) is 22.8. The van der Waals surface area contributed by atoms with Gasteiger partial charge in [0.25, 0.3) is 0 Å². The number of nitrogens with two attached hydrogens (primary N) is 4. The Morgan fingerprint density at radius 3 is 1.78 bits per heavy atom. The second-order valence-electron chi connectivity index (χ2n) is 4.26. The number of carbonyl (C=O) groups excluding carboxylic acids is 2. The van der Waals surface area contributed by atoms with E-state index in [9.17, 15) is 14.4 Å². The number of ether oxygens (including phenoxy) is 1. The molecule has 0 amide bonds. The van der Waals surface area contributed by atoms with Crippen molar-refractivity contribution in [1.29, 1.82) is 0 Å². The smallest absolute Gasteiger partial charge is 0.330 e. The molecule has 0 radical (unpaired) electrons. The van der Waals surface area contributed by atoms with Gasteiger partial charge in [-0.05, 0) is 45.7 Å². The summed E-state index contributed by atoms with van der Waals surface area (Å²) in [6, 6.07) is -1.47. The molecule has 0 saturated carbocycles. The van der Waals surface area contributed by atoms with Gasteiger partial charge < -0.3 is 37.9 Å². The summed E-state index contributed by atoms with van der Waals surface area (Å²) in [5, 5.41) is 15.8.